The van der Waals surface area contributed by atoms with Crippen molar-refractivity contribution in [3.8, 4) is 0 Å². The van der Waals surface area contributed by atoms with Gasteiger partial charge < -0.3 is 15.4 Å². The zero-order valence-electron chi connectivity index (χ0n) is 14.8. The van der Waals surface area contributed by atoms with Crippen molar-refractivity contribution < 1.29 is 14.3 Å². The minimum Gasteiger partial charge on any atom is -0.452 e. The minimum absolute atomic E-state index is 0.101. The summed E-state index contributed by atoms with van der Waals surface area (Å²) < 4.78 is 5.14. The fraction of sp³-hybridized carbons (Fsp3) is 0.300. The lowest BCUT2D eigenvalue weighted by atomic mass is 10.0. The summed E-state index contributed by atoms with van der Waals surface area (Å²) in [5.41, 5.74) is 3.28. The van der Waals surface area contributed by atoms with Crippen LogP contribution in [0.4, 0.5) is 5.69 Å². The molecule has 0 aliphatic heterocycles. The van der Waals surface area contributed by atoms with Crippen LogP contribution in [-0.2, 0) is 9.53 Å². The van der Waals surface area contributed by atoms with Crippen molar-refractivity contribution in [3.05, 3.63) is 65.2 Å². The van der Waals surface area contributed by atoms with E-state index in [4.69, 9.17) is 4.74 Å². The first-order valence-electron chi connectivity index (χ1n) is 8.35. The zero-order chi connectivity index (χ0) is 18.2. The normalized spacial score (nSPS) is 11.5. The summed E-state index contributed by atoms with van der Waals surface area (Å²) in [6, 6.07) is 14.9. The number of carbonyl (C=O) groups excluding carboxylic acids is 2. The topological polar surface area (TPSA) is 67.4 Å². The molecule has 0 saturated heterocycles. The molecule has 1 atom stereocenters. The molecule has 0 aromatic heterocycles. The molecule has 0 spiro atoms. The van der Waals surface area contributed by atoms with Gasteiger partial charge in [-0.1, -0.05) is 48.9 Å². The van der Waals surface area contributed by atoms with E-state index < -0.39 is 5.97 Å². The Labute approximate surface area is 148 Å². The number of nitrogens with one attached hydrogen (secondary N) is 2. The molecule has 1 amide bonds. The summed E-state index contributed by atoms with van der Waals surface area (Å²) in [6.07, 6.45) is 0.755. The summed E-state index contributed by atoms with van der Waals surface area (Å²) in [7, 11) is 1.73. The monoisotopic (exact) mass is 340 g/mol. The molecule has 0 fully saturated rings. The average Bonchev–Trinajstić information content (AvgIpc) is 2.64. The lowest BCUT2D eigenvalue weighted by Crippen LogP contribution is -2.32. The minimum atomic E-state index is -0.525. The SMILES string of the molecule is CC[C@@H](NC(=O)COC(=O)c1ccccc1NC)c1ccc(C)cc1. The molecule has 0 saturated carbocycles. The van der Waals surface area contributed by atoms with Crippen molar-refractivity contribution in [1.82, 2.24) is 5.32 Å². The first-order valence-corrected chi connectivity index (χ1v) is 8.35. The van der Waals surface area contributed by atoms with Crippen molar-refractivity contribution in [2.45, 2.75) is 26.3 Å². The standard InChI is InChI=1S/C20H24N2O3/c1-4-17(15-11-9-14(2)10-12-15)22-19(23)13-25-20(24)16-7-5-6-8-18(16)21-3/h5-12,17,21H,4,13H2,1-3H3,(H,22,23)/t17-/m1/s1. The van der Waals surface area contributed by atoms with Crippen LogP contribution in [0.2, 0.25) is 0 Å². The number of ether oxygens (including phenoxy) is 1. The van der Waals surface area contributed by atoms with Gasteiger partial charge in [0.25, 0.3) is 5.91 Å². The molecule has 2 rings (SSSR count). The fourth-order valence-electron chi connectivity index (χ4n) is 2.54. The molecule has 0 radical (unpaired) electrons. The third kappa shape index (κ3) is 5.08. The number of carbonyl (C=O) groups is 2. The Balaban J connectivity index is 1.93. The maximum atomic E-state index is 12.1. The number of benzene rings is 2. The van der Waals surface area contributed by atoms with Gasteiger partial charge >= 0.3 is 5.97 Å². The van der Waals surface area contributed by atoms with E-state index in [1.54, 1.807) is 25.2 Å². The van der Waals surface area contributed by atoms with Crippen molar-refractivity contribution in [2.75, 3.05) is 19.0 Å². The number of amides is 1. The number of rotatable bonds is 7. The summed E-state index contributed by atoms with van der Waals surface area (Å²) in [4.78, 5) is 24.3. The molecule has 2 aromatic rings. The van der Waals surface area contributed by atoms with E-state index in [9.17, 15) is 9.59 Å². The highest BCUT2D eigenvalue weighted by molar-refractivity contribution is 5.96. The molecule has 2 N–H and O–H groups in total. The van der Waals surface area contributed by atoms with Gasteiger partial charge in [-0.05, 0) is 31.0 Å². The summed E-state index contributed by atoms with van der Waals surface area (Å²) in [6.45, 7) is 3.71. The molecule has 5 nitrogen and oxygen atoms in total. The Morgan fingerprint density at radius 2 is 1.76 bits per heavy atom. The van der Waals surface area contributed by atoms with E-state index >= 15 is 0 Å². The van der Waals surface area contributed by atoms with Crippen molar-refractivity contribution in [3.63, 3.8) is 0 Å². The lowest BCUT2D eigenvalue weighted by molar-refractivity contribution is -0.125. The fourth-order valence-corrected chi connectivity index (χ4v) is 2.54. The Hall–Kier alpha value is -2.82. The summed E-state index contributed by atoms with van der Waals surface area (Å²) in [5.74, 6) is -0.841. The van der Waals surface area contributed by atoms with Gasteiger partial charge in [-0.3, -0.25) is 4.79 Å². The second kappa shape index (κ2) is 8.87. The van der Waals surface area contributed by atoms with Gasteiger partial charge in [0.1, 0.15) is 0 Å². The van der Waals surface area contributed by atoms with Crippen LogP contribution in [0.25, 0.3) is 0 Å². The van der Waals surface area contributed by atoms with Gasteiger partial charge in [0.15, 0.2) is 6.61 Å². The highest BCUT2D eigenvalue weighted by Crippen LogP contribution is 2.17. The molecule has 0 bridgehead atoms. The predicted octanol–water partition coefficient (Wildman–Crippen LogP) is 3.46. The molecule has 0 heterocycles. The Morgan fingerprint density at radius 3 is 2.40 bits per heavy atom. The van der Waals surface area contributed by atoms with E-state index in [-0.39, 0.29) is 18.6 Å². The van der Waals surface area contributed by atoms with Crippen LogP contribution in [0.3, 0.4) is 0 Å². The predicted molar refractivity (Wildman–Crippen MR) is 98.6 cm³/mol. The number of hydrogen-bond donors (Lipinski definition) is 2. The van der Waals surface area contributed by atoms with Crippen molar-refractivity contribution in [1.29, 1.82) is 0 Å². The van der Waals surface area contributed by atoms with E-state index in [1.165, 1.54) is 5.56 Å². The number of para-hydroxylation sites is 1. The number of hydrogen-bond acceptors (Lipinski definition) is 4. The van der Waals surface area contributed by atoms with Crippen LogP contribution in [0.5, 0.6) is 0 Å². The Bertz CT molecular complexity index is 726. The second-order valence-corrected chi connectivity index (χ2v) is 5.81. The van der Waals surface area contributed by atoms with Crippen LogP contribution >= 0.6 is 0 Å². The quantitative estimate of drug-likeness (QED) is 0.758. The van der Waals surface area contributed by atoms with E-state index in [0.717, 1.165) is 12.0 Å². The first kappa shape index (κ1) is 18.5. The molecule has 2 aromatic carbocycles. The van der Waals surface area contributed by atoms with Crippen LogP contribution < -0.4 is 10.6 Å². The number of anilines is 1. The summed E-state index contributed by atoms with van der Waals surface area (Å²) >= 11 is 0. The van der Waals surface area contributed by atoms with Gasteiger partial charge in [0, 0.05) is 12.7 Å². The molecule has 0 aliphatic rings. The lowest BCUT2D eigenvalue weighted by Gasteiger charge is -2.18. The largest absolute Gasteiger partial charge is 0.452 e. The molecule has 25 heavy (non-hydrogen) atoms. The highest BCUT2D eigenvalue weighted by Gasteiger charge is 2.16. The zero-order valence-corrected chi connectivity index (χ0v) is 14.8. The molecule has 132 valence electrons. The molecule has 0 unspecified atom stereocenters. The first-order chi connectivity index (χ1) is 12.0. The maximum Gasteiger partial charge on any atom is 0.340 e. The third-order valence-electron chi connectivity index (χ3n) is 3.97. The van der Waals surface area contributed by atoms with Crippen LogP contribution in [0.1, 0.15) is 40.9 Å². The Kier molecular flexibility index (Phi) is 6.57. The summed E-state index contributed by atoms with van der Waals surface area (Å²) in [5, 5.41) is 5.84. The van der Waals surface area contributed by atoms with Gasteiger partial charge in [-0.15, -0.1) is 0 Å². The van der Waals surface area contributed by atoms with Gasteiger partial charge in [0.05, 0.1) is 11.6 Å². The van der Waals surface area contributed by atoms with Crippen molar-refractivity contribution >= 4 is 17.6 Å². The average molecular weight is 340 g/mol. The highest BCUT2D eigenvalue weighted by atomic mass is 16.5. The van der Waals surface area contributed by atoms with Gasteiger partial charge in [0.2, 0.25) is 0 Å². The molecular weight excluding hydrogens is 316 g/mol. The van der Waals surface area contributed by atoms with Gasteiger partial charge in [-0.2, -0.15) is 0 Å². The van der Waals surface area contributed by atoms with Gasteiger partial charge in [-0.25, -0.2) is 4.79 Å². The van der Waals surface area contributed by atoms with Crippen LogP contribution in [-0.4, -0.2) is 25.5 Å². The van der Waals surface area contributed by atoms with Crippen LogP contribution in [0, 0.1) is 6.92 Å². The number of aryl methyl sites for hydroxylation is 1. The van der Waals surface area contributed by atoms with E-state index in [2.05, 4.69) is 10.6 Å². The van der Waals surface area contributed by atoms with E-state index in [1.807, 2.05) is 44.2 Å². The molecular formula is C20H24N2O3. The van der Waals surface area contributed by atoms with E-state index in [0.29, 0.717) is 11.3 Å². The Morgan fingerprint density at radius 1 is 1.08 bits per heavy atom. The maximum absolute atomic E-state index is 12.1. The third-order valence-corrected chi connectivity index (χ3v) is 3.97. The van der Waals surface area contributed by atoms with Crippen molar-refractivity contribution in [2.24, 2.45) is 0 Å². The molecule has 5 heteroatoms. The molecule has 0 aliphatic carbocycles. The number of esters is 1. The second-order valence-electron chi connectivity index (χ2n) is 5.81. The smallest absolute Gasteiger partial charge is 0.340 e. The van der Waals surface area contributed by atoms with Crippen LogP contribution in [0.15, 0.2) is 48.5 Å².